The van der Waals surface area contributed by atoms with Crippen LogP contribution in [0.3, 0.4) is 0 Å². The first kappa shape index (κ1) is 24.6. The lowest BCUT2D eigenvalue weighted by Gasteiger charge is -2.42. The van der Waals surface area contributed by atoms with Gasteiger partial charge in [-0.3, -0.25) is 9.59 Å². The topological polar surface area (TPSA) is 85.5 Å². The molecule has 4 rings (SSSR count). The summed E-state index contributed by atoms with van der Waals surface area (Å²) in [5.41, 5.74) is -1.57. The first-order valence-electron chi connectivity index (χ1n) is 11.3. The Morgan fingerprint density at radius 1 is 1.23 bits per heavy atom. The highest BCUT2D eigenvalue weighted by Crippen LogP contribution is 2.47. The molecule has 0 saturated carbocycles. The zero-order chi connectivity index (χ0) is 25.5. The maximum absolute atomic E-state index is 13.6. The van der Waals surface area contributed by atoms with Crippen LogP contribution < -0.4 is 4.90 Å². The summed E-state index contributed by atoms with van der Waals surface area (Å²) in [6, 6.07) is 5.28. The number of carbonyl (C=O) groups is 2. The quantitative estimate of drug-likeness (QED) is 0.663. The molecule has 8 nitrogen and oxygen atoms in total. The van der Waals surface area contributed by atoms with Crippen LogP contribution in [0, 0.1) is 22.7 Å². The molecule has 11 heteroatoms. The number of rotatable bonds is 3. The Bertz CT molecular complexity index is 1170. The van der Waals surface area contributed by atoms with Crippen LogP contribution in [-0.4, -0.2) is 71.4 Å². The van der Waals surface area contributed by atoms with Gasteiger partial charge in [0, 0.05) is 70.8 Å². The van der Waals surface area contributed by atoms with Gasteiger partial charge < -0.3 is 19.3 Å². The van der Waals surface area contributed by atoms with Crippen LogP contribution in [-0.2, 0) is 18.0 Å². The molecule has 1 spiro atoms. The van der Waals surface area contributed by atoms with Crippen molar-refractivity contribution in [3.63, 3.8) is 0 Å². The number of benzene rings is 1. The molecule has 1 unspecified atom stereocenters. The molecule has 2 saturated heterocycles. The molecule has 0 aliphatic carbocycles. The molecule has 35 heavy (non-hydrogen) atoms. The van der Waals surface area contributed by atoms with Gasteiger partial charge in [-0.05, 0) is 31.0 Å². The van der Waals surface area contributed by atoms with E-state index in [-0.39, 0.29) is 18.4 Å². The zero-order valence-corrected chi connectivity index (χ0v) is 19.8. The van der Waals surface area contributed by atoms with Gasteiger partial charge >= 0.3 is 6.18 Å². The van der Waals surface area contributed by atoms with Gasteiger partial charge in [0.15, 0.2) is 5.82 Å². The number of alkyl halides is 3. The average Bonchev–Trinajstić information content (AvgIpc) is 3.41. The van der Waals surface area contributed by atoms with Crippen molar-refractivity contribution in [1.29, 1.82) is 5.26 Å². The highest BCUT2D eigenvalue weighted by Gasteiger charge is 2.52. The molecule has 1 aromatic heterocycles. The molecule has 1 aromatic carbocycles. The van der Waals surface area contributed by atoms with Crippen LogP contribution in [0.25, 0.3) is 0 Å². The number of imidazole rings is 1. The third kappa shape index (κ3) is 4.45. The van der Waals surface area contributed by atoms with E-state index < -0.39 is 28.6 Å². The third-order valence-electron chi connectivity index (χ3n) is 7.24. The number of piperidine rings is 1. The molecule has 186 valence electrons. The van der Waals surface area contributed by atoms with Crippen molar-refractivity contribution in [2.75, 3.05) is 45.2 Å². The van der Waals surface area contributed by atoms with Gasteiger partial charge in [-0.2, -0.15) is 18.4 Å². The van der Waals surface area contributed by atoms with Crippen LogP contribution in [0.4, 0.5) is 18.9 Å². The Labute approximate surface area is 201 Å². The molecule has 1 atom stereocenters. The second-order valence-corrected chi connectivity index (χ2v) is 9.52. The van der Waals surface area contributed by atoms with E-state index in [1.165, 1.54) is 17.0 Å². The molecule has 2 aromatic rings. The Morgan fingerprint density at radius 2 is 1.91 bits per heavy atom. The number of nitriles is 1. The zero-order valence-electron chi connectivity index (χ0n) is 19.8. The molecule has 2 amide bonds. The molecule has 0 N–H and O–H groups in total. The fraction of sp³-hybridized carbons (Fsp3) is 0.500. The molecular weight excluding hydrogens is 461 g/mol. The maximum atomic E-state index is 13.6. The second-order valence-electron chi connectivity index (χ2n) is 9.52. The normalized spacial score (nSPS) is 19.6. The minimum absolute atomic E-state index is 0.0823. The standard InChI is InChI=1S/C24H27F3N6O2/c1-30(2)21(34)19-14-33(17-5-4-16(13-28)18(12-17)24(25,26)27)15-23(19)6-9-32(10-7-23)22(35)20-29-8-11-31(20)3/h4-5,8,11-12,19H,6-7,9-10,14-15H2,1-3H3. The van der Waals surface area contributed by atoms with E-state index in [4.69, 9.17) is 5.26 Å². The fourth-order valence-electron chi connectivity index (χ4n) is 5.25. The largest absolute Gasteiger partial charge is 0.417 e. The predicted octanol–water partition coefficient (Wildman–Crippen LogP) is 2.76. The maximum Gasteiger partial charge on any atom is 0.417 e. The van der Waals surface area contributed by atoms with Gasteiger partial charge in [-0.25, -0.2) is 4.98 Å². The highest BCUT2D eigenvalue weighted by atomic mass is 19.4. The van der Waals surface area contributed by atoms with E-state index in [2.05, 4.69) is 4.98 Å². The molecule has 0 radical (unpaired) electrons. The van der Waals surface area contributed by atoms with E-state index in [0.29, 0.717) is 44.0 Å². The van der Waals surface area contributed by atoms with Gasteiger partial charge in [0.1, 0.15) is 0 Å². The lowest BCUT2D eigenvalue weighted by atomic mass is 9.70. The van der Waals surface area contributed by atoms with Crippen LogP contribution in [0.2, 0.25) is 0 Å². The average molecular weight is 489 g/mol. The number of anilines is 1. The number of hydrogen-bond acceptors (Lipinski definition) is 5. The molecule has 0 bridgehead atoms. The summed E-state index contributed by atoms with van der Waals surface area (Å²) in [4.78, 5) is 35.2. The molecular formula is C24H27F3N6O2. The van der Waals surface area contributed by atoms with Crippen LogP contribution in [0.5, 0.6) is 0 Å². The van der Waals surface area contributed by atoms with Gasteiger partial charge in [0.2, 0.25) is 5.91 Å². The Kier molecular flexibility index (Phi) is 6.25. The third-order valence-corrected chi connectivity index (χ3v) is 7.24. The summed E-state index contributed by atoms with van der Waals surface area (Å²) < 4.78 is 42.3. The molecule has 2 fully saturated rings. The lowest BCUT2D eigenvalue weighted by molar-refractivity contribution is -0.138. The van der Waals surface area contributed by atoms with Crippen molar-refractivity contribution >= 4 is 17.5 Å². The highest BCUT2D eigenvalue weighted by molar-refractivity contribution is 5.91. The van der Waals surface area contributed by atoms with Crippen molar-refractivity contribution in [2.24, 2.45) is 18.4 Å². The first-order chi connectivity index (χ1) is 16.5. The Hall–Kier alpha value is -3.55. The number of hydrogen-bond donors (Lipinski definition) is 0. The number of likely N-dealkylation sites (tertiary alicyclic amines) is 1. The predicted molar refractivity (Wildman–Crippen MR) is 121 cm³/mol. The summed E-state index contributed by atoms with van der Waals surface area (Å²) >= 11 is 0. The molecule has 3 heterocycles. The smallest absolute Gasteiger partial charge is 0.370 e. The van der Waals surface area contributed by atoms with Crippen molar-refractivity contribution in [3.05, 3.63) is 47.5 Å². The Morgan fingerprint density at radius 3 is 2.46 bits per heavy atom. The van der Waals surface area contributed by atoms with Crippen molar-refractivity contribution in [1.82, 2.24) is 19.4 Å². The van der Waals surface area contributed by atoms with E-state index in [9.17, 15) is 22.8 Å². The first-order valence-corrected chi connectivity index (χ1v) is 11.3. The number of aromatic nitrogens is 2. The minimum atomic E-state index is -4.66. The van der Waals surface area contributed by atoms with Crippen LogP contribution >= 0.6 is 0 Å². The number of aryl methyl sites for hydroxylation is 1. The van der Waals surface area contributed by atoms with E-state index in [1.807, 2.05) is 0 Å². The van der Waals surface area contributed by atoms with E-state index >= 15 is 0 Å². The molecule has 2 aliphatic heterocycles. The van der Waals surface area contributed by atoms with Crippen LogP contribution in [0.1, 0.15) is 34.6 Å². The summed E-state index contributed by atoms with van der Waals surface area (Å²) in [6.07, 6.45) is -0.301. The van der Waals surface area contributed by atoms with Gasteiger partial charge in [0.25, 0.3) is 5.91 Å². The second kappa shape index (κ2) is 8.91. The SMILES string of the molecule is CN(C)C(=O)C1CN(c2ccc(C#N)c(C(F)(F)F)c2)CC12CCN(C(=O)c1nccn1C)CC2. The van der Waals surface area contributed by atoms with E-state index in [0.717, 1.165) is 6.07 Å². The van der Waals surface area contributed by atoms with E-state index in [1.54, 1.807) is 54.0 Å². The van der Waals surface area contributed by atoms with Gasteiger partial charge in [-0.15, -0.1) is 0 Å². The summed E-state index contributed by atoms with van der Waals surface area (Å²) in [6.45, 7) is 1.52. The number of nitrogens with zero attached hydrogens (tertiary/aromatic N) is 6. The molecule has 2 aliphatic rings. The van der Waals surface area contributed by atoms with Gasteiger partial charge in [-0.1, -0.05) is 0 Å². The minimum Gasteiger partial charge on any atom is -0.370 e. The monoisotopic (exact) mass is 488 g/mol. The summed E-state index contributed by atoms with van der Waals surface area (Å²) in [7, 11) is 5.09. The summed E-state index contributed by atoms with van der Waals surface area (Å²) in [5.74, 6) is -0.347. The number of halogens is 3. The fourth-order valence-corrected chi connectivity index (χ4v) is 5.25. The Balaban J connectivity index is 1.60. The van der Waals surface area contributed by atoms with Gasteiger partial charge in [0.05, 0.1) is 23.1 Å². The van der Waals surface area contributed by atoms with Crippen molar-refractivity contribution in [3.8, 4) is 6.07 Å². The van der Waals surface area contributed by atoms with Crippen LogP contribution in [0.15, 0.2) is 30.6 Å². The van der Waals surface area contributed by atoms with Crippen molar-refractivity contribution in [2.45, 2.75) is 19.0 Å². The van der Waals surface area contributed by atoms with Crippen molar-refractivity contribution < 1.29 is 22.8 Å². The summed E-state index contributed by atoms with van der Waals surface area (Å²) in [5, 5.41) is 9.12. The number of amides is 2. The lowest BCUT2D eigenvalue weighted by Crippen LogP contribution is -2.49. The number of carbonyl (C=O) groups excluding carboxylic acids is 2.